The first-order valence-electron chi connectivity index (χ1n) is 7.37. The van der Waals surface area contributed by atoms with Crippen LogP contribution < -0.4 is 0 Å². The molecule has 1 aromatic carbocycles. The highest BCUT2D eigenvalue weighted by Crippen LogP contribution is 2.27. The summed E-state index contributed by atoms with van der Waals surface area (Å²) in [5.41, 5.74) is 0.289. The Labute approximate surface area is 123 Å². The number of aromatic carboxylic acids is 1. The Morgan fingerprint density at radius 1 is 1.33 bits per heavy atom. The van der Waals surface area contributed by atoms with Gasteiger partial charge in [-0.3, -0.25) is 0 Å². The third-order valence-electron chi connectivity index (χ3n) is 3.69. The maximum absolute atomic E-state index is 13.9. The van der Waals surface area contributed by atoms with Gasteiger partial charge in [0.1, 0.15) is 11.9 Å². The lowest BCUT2D eigenvalue weighted by Crippen LogP contribution is -2.31. The quantitative estimate of drug-likeness (QED) is 0.815. The van der Waals surface area contributed by atoms with Crippen LogP contribution in [0.5, 0.6) is 0 Å². The number of carboxylic acids is 1. The second-order valence-corrected chi connectivity index (χ2v) is 5.31. The number of carboxylic acid groups (broad SMARTS) is 1. The second-order valence-electron chi connectivity index (χ2n) is 5.31. The molecule has 2 atom stereocenters. The molecular formula is C16H21FO4. The molecule has 0 aliphatic carbocycles. The van der Waals surface area contributed by atoms with Crippen molar-refractivity contribution >= 4 is 5.97 Å². The predicted octanol–water partition coefficient (Wildman–Crippen LogP) is 3.56. The molecule has 0 amide bonds. The normalized spacial score (nSPS) is 22.2. The summed E-state index contributed by atoms with van der Waals surface area (Å²) in [5.74, 6) is -1.70. The predicted molar refractivity (Wildman–Crippen MR) is 75.9 cm³/mol. The standard InChI is InChI=1S/C16H21FO4/c1-2-3-4-5-12-9-21-15(10-20-12)13-7-6-11(16(18)19)8-14(13)17/h6-8,12,15H,2-5,9-10H2,1H3,(H,18,19)/t12-,15-/m1/s1. The molecule has 1 aliphatic heterocycles. The van der Waals surface area contributed by atoms with Crippen LogP contribution in [0.25, 0.3) is 0 Å². The average molecular weight is 296 g/mol. The Balaban J connectivity index is 1.91. The molecule has 5 heteroatoms. The Kier molecular flexibility index (Phi) is 5.70. The molecule has 0 bridgehead atoms. The smallest absolute Gasteiger partial charge is 0.335 e. The van der Waals surface area contributed by atoms with E-state index in [2.05, 4.69) is 6.92 Å². The first kappa shape index (κ1) is 15.9. The Morgan fingerprint density at radius 2 is 2.14 bits per heavy atom. The maximum atomic E-state index is 13.9. The molecule has 0 unspecified atom stereocenters. The highest BCUT2D eigenvalue weighted by Gasteiger charge is 2.25. The molecule has 4 nitrogen and oxygen atoms in total. The molecular weight excluding hydrogens is 275 g/mol. The third-order valence-corrected chi connectivity index (χ3v) is 3.69. The van der Waals surface area contributed by atoms with Crippen LogP contribution in [0.3, 0.4) is 0 Å². The zero-order chi connectivity index (χ0) is 15.2. The van der Waals surface area contributed by atoms with E-state index in [1.54, 1.807) is 0 Å². The number of hydrogen-bond acceptors (Lipinski definition) is 3. The Morgan fingerprint density at radius 3 is 2.71 bits per heavy atom. The van der Waals surface area contributed by atoms with Crippen LogP contribution in [0.15, 0.2) is 18.2 Å². The van der Waals surface area contributed by atoms with Gasteiger partial charge in [-0.25, -0.2) is 9.18 Å². The van der Waals surface area contributed by atoms with Crippen LogP contribution in [0.1, 0.15) is 54.6 Å². The van der Waals surface area contributed by atoms with Crippen molar-refractivity contribution < 1.29 is 23.8 Å². The number of ether oxygens (including phenoxy) is 2. The summed E-state index contributed by atoms with van der Waals surface area (Å²) in [6.45, 7) is 2.91. The first-order chi connectivity index (χ1) is 10.1. The molecule has 0 radical (unpaired) electrons. The summed E-state index contributed by atoms with van der Waals surface area (Å²) < 4.78 is 25.3. The third kappa shape index (κ3) is 4.25. The van der Waals surface area contributed by atoms with Crippen LogP contribution in [-0.2, 0) is 9.47 Å². The number of benzene rings is 1. The van der Waals surface area contributed by atoms with E-state index in [1.165, 1.54) is 18.6 Å². The van der Waals surface area contributed by atoms with E-state index in [0.29, 0.717) is 18.8 Å². The van der Waals surface area contributed by atoms with E-state index in [1.807, 2.05) is 0 Å². The van der Waals surface area contributed by atoms with Crippen LogP contribution in [-0.4, -0.2) is 30.4 Å². The number of halogens is 1. The topological polar surface area (TPSA) is 55.8 Å². The van der Waals surface area contributed by atoms with Crippen LogP contribution in [0, 0.1) is 5.82 Å². The number of hydrogen-bond donors (Lipinski definition) is 1. The van der Waals surface area contributed by atoms with Gasteiger partial charge >= 0.3 is 5.97 Å². The van der Waals surface area contributed by atoms with Gasteiger partial charge in [0, 0.05) is 5.56 Å². The highest BCUT2D eigenvalue weighted by atomic mass is 19.1. The minimum absolute atomic E-state index is 0.0644. The lowest BCUT2D eigenvalue weighted by molar-refractivity contribution is -0.138. The largest absolute Gasteiger partial charge is 0.478 e. The fourth-order valence-electron chi connectivity index (χ4n) is 2.43. The van der Waals surface area contributed by atoms with Gasteiger partial charge in [-0.2, -0.15) is 0 Å². The van der Waals surface area contributed by atoms with Crippen molar-refractivity contribution in [3.63, 3.8) is 0 Å². The minimum Gasteiger partial charge on any atom is -0.478 e. The van der Waals surface area contributed by atoms with Crippen LogP contribution in [0.2, 0.25) is 0 Å². The summed E-state index contributed by atoms with van der Waals surface area (Å²) in [4.78, 5) is 10.8. The molecule has 1 heterocycles. The van der Waals surface area contributed by atoms with E-state index in [-0.39, 0.29) is 11.7 Å². The summed E-state index contributed by atoms with van der Waals surface area (Å²) in [6.07, 6.45) is 4.02. The molecule has 0 spiro atoms. The van der Waals surface area contributed by atoms with Crippen LogP contribution >= 0.6 is 0 Å². The van der Waals surface area contributed by atoms with Gasteiger partial charge in [-0.1, -0.05) is 32.3 Å². The van der Waals surface area contributed by atoms with Crippen LogP contribution in [0.4, 0.5) is 4.39 Å². The van der Waals surface area contributed by atoms with Crippen molar-refractivity contribution in [1.82, 2.24) is 0 Å². The van der Waals surface area contributed by atoms with E-state index < -0.39 is 17.9 Å². The molecule has 1 fully saturated rings. The fraction of sp³-hybridized carbons (Fsp3) is 0.562. The minimum atomic E-state index is -1.14. The van der Waals surface area contributed by atoms with Gasteiger partial charge in [0.15, 0.2) is 0 Å². The molecule has 21 heavy (non-hydrogen) atoms. The number of rotatable bonds is 6. The van der Waals surface area contributed by atoms with Gasteiger partial charge in [-0.15, -0.1) is 0 Å². The zero-order valence-electron chi connectivity index (χ0n) is 12.2. The molecule has 0 aromatic heterocycles. The Bertz CT molecular complexity index is 481. The summed E-state index contributed by atoms with van der Waals surface area (Å²) in [6, 6.07) is 3.87. The van der Waals surface area contributed by atoms with Gasteiger partial charge in [0.05, 0.1) is 24.9 Å². The highest BCUT2D eigenvalue weighted by molar-refractivity contribution is 5.87. The van der Waals surface area contributed by atoms with E-state index in [0.717, 1.165) is 25.3 Å². The summed E-state index contributed by atoms with van der Waals surface area (Å²) in [7, 11) is 0. The maximum Gasteiger partial charge on any atom is 0.335 e. The van der Waals surface area contributed by atoms with Crippen molar-refractivity contribution in [2.75, 3.05) is 13.2 Å². The molecule has 1 aliphatic rings. The van der Waals surface area contributed by atoms with Gasteiger partial charge in [-0.05, 0) is 18.6 Å². The molecule has 116 valence electrons. The zero-order valence-corrected chi connectivity index (χ0v) is 12.2. The van der Waals surface area contributed by atoms with Crippen molar-refractivity contribution in [2.45, 2.75) is 44.8 Å². The molecule has 2 rings (SSSR count). The monoisotopic (exact) mass is 296 g/mol. The summed E-state index contributed by atoms with van der Waals surface area (Å²) >= 11 is 0. The first-order valence-corrected chi connectivity index (χ1v) is 7.37. The fourth-order valence-corrected chi connectivity index (χ4v) is 2.43. The van der Waals surface area contributed by atoms with E-state index in [4.69, 9.17) is 14.6 Å². The Hall–Kier alpha value is -1.46. The van der Waals surface area contributed by atoms with Crippen molar-refractivity contribution in [2.24, 2.45) is 0 Å². The second kappa shape index (κ2) is 7.52. The van der Waals surface area contributed by atoms with E-state index >= 15 is 0 Å². The molecule has 1 saturated heterocycles. The number of unbranched alkanes of at least 4 members (excludes halogenated alkanes) is 2. The van der Waals surface area contributed by atoms with Crippen molar-refractivity contribution in [3.05, 3.63) is 35.1 Å². The van der Waals surface area contributed by atoms with Crippen molar-refractivity contribution in [1.29, 1.82) is 0 Å². The average Bonchev–Trinajstić information content (AvgIpc) is 2.48. The van der Waals surface area contributed by atoms with E-state index in [9.17, 15) is 9.18 Å². The van der Waals surface area contributed by atoms with Gasteiger partial charge < -0.3 is 14.6 Å². The number of carbonyl (C=O) groups is 1. The molecule has 0 saturated carbocycles. The SMILES string of the molecule is CCCCC[C@@H]1CO[C@@H](c2ccc(C(=O)O)cc2F)CO1. The lowest BCUT2D eigenvalue weighted by atomic mass is 10.0. The van der Waals surface area contributed by atoms with Crippen molar-refractivity contribution in [3.8, 4) is 0 Å². The summed E-state index contributed by atoms with van der Waals surface area (Å²) in [5, 5.41) is 8.83. The van der Waals surface area contributed by atoms with Gasteiger partial charge in [0.25, 0.3) is 0 Å². The molecule has 1 aromatic rings. The lowest BCUT2D eigenvalue weighted by Gasteiger charge is -2.30. The van der Waals surface area contributed by atoms with Gasteiger partial charge in [0.2, 0.25) is 0 Å². The molecule has 1 N–H and O–H groups in total.